The van der Waals surface area contributed by atoms with Crippen LogP contribution in [0.2, 0.25) is 0 Å². The fourth-order valence-corrected chi connectivity index (χ4v) is 4.69. The predicted octanol–water partition coefficient (Wildman–Crippen LogP) is 3.62. The first kappa shape index (κ1) is 25.1. The van der Waals surface area contributed by atoms with Gasteiger partial charge in [0.1, 0.15) is 0 Å². The molecule has 0 bridgehead atoms. The largest absolute Gasteiger partial charge is 0.466 e. The number of nitrogens with one attached hydrogen (secondary N) is 1. The van der Waals surface area contributed by atoms with Crippen molar-refractivity contribution in [2.75, 3.05) is 12.0 Å². The number of hydrogen-bond acceptors (Lipinski definition) is 8. The second kappa shape index (κ2) is 9.20. The normalized spacial score (nSPS) is 25.8. The number of anilines is 1. The lowest BCUT2D eigenvalue weighted by Gasteiger charge is -2.45. The first-order chi connectivity index (χ1) is 17.0. The van der Waals surface area contributed by atoms with E-state index in [0.29, 0.717) is 11.1 Å². The smallest absolute Gasteiger partial charge is 0.416 e. The number of ether oxygens (including phenoxy) is 1. The number of carbonyl (C=O) groups is 1. The SMILES string of the molecule is C=CC1=CC(C#N)C(C)C=C1C1C(C(=O)OC)=C(C)N(c2cccc(C(F)(F)F)c2)C2=NNC(O)N21. The van der Waals surface area contributed by atoms with E-state index in [0.717, 1.165) is 12.1 Å². The van der Waals surface area contributed by atoms with E-state index in [4.69, 9.17) is 4.74 Å². The Hall–Kier alpha value is -4.04. The third-order valence-electron chi connectivity index (χ3n) is 6.45. The fraction of sp³-hybridized carbons (Fsp3) is 0.320. The molecule has 2 aliphatic heterocycles. The second-order valence-corrected chi connectivity index (χ2v) is 8.56. The van der Waals surface area contributed by atoms with Crippen LogP contribution in [0.3, 0.4) is 0 Å². The number of hydrogen-bond donors (Lipinski definition) is 2. The number of halogens is 3. The first-order valence-corrected chi connectivity index (χ1v) is 11.1. The number of nitrogens with zero attached hydrogens (tertiary/aromatic N) is 4. The van der Waals surface area contributed by atoms with Crippen LogP contribution < -0.4 is 10.3 Å². The van der Waals surface area contributed by atoms with Crippen LogP contribution in [-0.4, -0.2) is 41.4 Å². The zero-order chi connectivity index (χ0) is 26.4. The Morgan fingerprint density at radius 1 is 1.36 bits per heavy atom. The number of esters is 1. The van der Waals surface area contributed by atoms with Gasteiger partial charge in [0.25, 0.3) is 0 Å². The third kappa shape index (κ3) is 4.03. The van der Waals surface area contributed by atoms with Crippen molar-refractivity contribution in [1.29, 1.82) is 5.26 Å². The van der Waals surface area contributed by atoms with E-state index in [1.165, 1.54) is 29.0 Å². The fourth-order valence-electron chi connectivity index (χ4n) is 4.69. The second-order valence-electron chi connectivity index (χ2n) is 8.56. The van der Waals surface area contributed by atoms with Crippen LogP contribution in [0.1, 0.15) is 19.4 Å². The lowest BCUT2D eigenvalue weighted by atomic mass is 9.78. The van der Waals surface area contributed by atoms with E-state index < -0.39 is 36.0 Å². The molecule has 0 spiro atoms. The van der Waals surface area contributed by atoms with Gasteiger partial charge in [-0.05, 0) is 42.2 Å². The summed E-state index contributed by atoms with van der Waals surface area (Å²) in [4.78, 5) is 15.9. The highest BCUT2D eigenvalue weighted by Crippen LogP contribution is 2.42. The van der Waals surface area contributed by atoms with Crippen LogP contribution in [-0.2, 0) is 15.7 Å². The minimum atomic E-state index is -4.59. The highest BCUT2D eigenvalue weighted by atomic mass is 19.4. The zero-order valence-corrected chi connectivity index (χ0v) is 19.7. The molecular weight excluding hydrogens is 475 g/mol. The number of aliphatic hydroxyl groups excluding tert-OH is 1. The number of methoxy groups -OCH3 is 1. The summed E-state index contributed by atoms with van der Waals surface area (Å²) in [6.07, 6.45) is -0.867. The van der Waals surface area contributed by atoms with Gasteiger partial charge in [0.2, 0.25) is 12.3 Å². The summed E-state index contributed by atoms with van der Waals surface area (Å²) in [5.74, 6) is -1.28. The summed E-state index contributed by atoms with van der Waals surface area (Å²) >= 11 is 0. The molecule has 1 aliphatic carbocycles. The summed E-state index contributed by atoms with van der Waals surface area (Å²) in [6.45, 7) is 7.26. The summed E-state index contributed by atoms with van der Waals surface area (Å²) in [5.41, 5.74) is 3.30. The van der Waals surface area contributed by atoms with Crippen molar-refractivity contribution in [2.45, 2.75) is 32.4 Å². The first-order valence-electron chi connectivity index (χ1n) is 11.1. The number of aliphatic hydroxyl groups is 1. The van der Waals surface area contributed by atoms with Crippen molar-refractivity contribution in [1.82, 2.24) is 10.3 Å². The van der Waals surface area contributed by atoms with Crippen molar-refractivity contribution in [3.8, 4) is 6.07 Å². The maximum Gasteiger partial charge on any atom is 0.416 e. The monoisotopic (exact) mass is 499 g/mol. The van der Waals surface area contributed by atoms with Gasteiger partial charge >= 0.3 is 12.1 Å². The number of guanidine groups is 1. The molecule has 11 heteroatoms. The highest BCUT2D eigenvalue weighted by molar-refractivity contribution is 6.06. The number of benzene rings is 1. The van der Waals surface area contributed by atoms with Crippen LogP contribution >= 0.6 is 0 Å². The van der Waals surface area contributed by atoms with Crippen LogP contribution in [0.5, 0.6) is 0 Å². The number of alkyl halides is 3. The molecule has 2 heterocycles. The average molecular weight is 499 g/mol. The average Bonchev–Trinajstić information content (AvgIpc) is 3.22. The lowest BCUT2D eigenvalue weighted by Crippen LogP contribution is -2.58. The molecule has 3 aliphatic rings. The topological polar surface area (TPSA) is 101 Å². The Balaban J connectivity index is 1.96. The van der Waals surface area contributed by atoms with Crippen LogP contribution in [0.25, 0.3) is 0 Å². The number of fused-ring (bicyclic) bond motifs is 1. The van der Waals surface area contributed by atoms with Gasteiger partial charge in [-0.1, -0.05) is 37.8 Å². The summed E-state index contributed by atoms with van der Waals surface area (Å²) < 4.78 is 45.5. The van der Waals surface area contributed by atoms with E-state index in [9.17, 15) is 28.3 Å². The lowest BCUT2D eigenvalue weighted by molar-refractivity contribution is -0.138. The van der Waals surface area contributed by atoms with E-state index in [2.05, 4.69) is 23.2 Å². The number of hydrazone groups is 1. The Kier molecular flexibility index (Phi) is 6.41. The Morgan fingerprint density at radius 2 is 2.08 bits per heavy atom. The van der Waals surface area contributed by atoms with E-state index in [-0.39, 0.29) is 28.8 Å². The van der Waals surface area contributed by atoms with Crippen LogP contribution in [0.4, 0.5) is 18.9 Å². The summed E-state index contributed by atoms with van der Waals surface area (Å²) in [6, 6.07) is 5.90. The Labute approximate surface area is 205 Å². The Bertz CT molecular complexity index is 1270. The molecule has 36 heavy (non-hydrogen) atoms. The van der Waals surface area contributed by atoms with E-state index in [1.54, 1.807) is 19.1 Å². The maximum atomic E-state index is 13.5. The highest BCUT2D eigenvalue weighted by Gasteiger charge is 2.48. The number of nitriles is 1. The third-order valence-corrected chi connectivity index (χ3v) is 6.45. The molecule has 0 saturated carbocycles. The molecule has 1 aromatic carbocycles. The van der Waals surface area contributed by atoms with Crippen molar-refractivity contribution in [2.24, 2.45) is 16.9 Å². The molecule has 0 saturated heterocycles. The number of carbonyl (C=O) groups excluding carboxylic acids is 1. The minimum Gasteiger partial charge on any atom is -0.466 e. The van der Waals surface area contributed by atoms with Gasteiger partial charge in [0, 0.05) is 11.4 Å². The summed E-state index contributed by atoms with van der Waals surface area (Å²) in [7, 11) is 1.20. The van der Waals surface area contributed by atoms with Gasteiger partial charge in [-0.25, -0.2) is 4.79 Å². The number of allylic oxidation sites excluding steroid dienone is 4. The zero-order valence-electron chi connectivity index (χ0n) is 19.7. The molecule has 4 atom stereocenters. The molecule has 4 unspecified atom stereocenters. The standard InChI is InChI=1S/C25H24F3N5O3/c1-5-15-10-16(12-29)13(2)9-19(15)21-20(22(34)36-4)14(3)32(23-30-31-24(35)33(21)23)18-8-6-7-17(11-18)25(26,27)28/h5-11,13,16,21,24,31,35H,1H2,2-4H3. The molecule has 0 fully saturated rings. The van der Waals surface area contributed by atoms with Gasteiger partial charge in [-0.15, -0.1) is 5.10 Å². The van der Waals surface area contributed by atoms with Crippen LogP contribution in [0, 0.1) is 23.2 Å². The van der Waals surface area contributed by atoms with E-state index >= 15 is 0 Å². The van der Waals surface area contributed by atoms with Gasteiger partial charge < -0.3 is 9.84 Å². The van der Waals surface area contributed by atoms with Gasteiger partial charge in [-0.2, -0.15) is 18.4 Å². The molecule has 4 rings (SSSR count). The molecule has 1 aromatic rings. The van der Waals surface area contributed by atoms with Crippen molar-refractivity contribution in [3.05, 3.63) is 77.1 Å². The van der Waals surface area contributed by atoms with E-state index in [1.807, 2.05) is 13.0 Å². The molecule has 0 amide bonds. The minimum absolute atomic E-state index is 0.0938. The van der Waals surface area contributed by atoms with Gasteiger partial charge in [0.15, 0.2) is 0 Å². The van der Waals surface area contributed by atoms with Gasteiger partial charge in [-0.3, -0.25) is 15.2 Å². The van der Waals surface area contributed by atoms with Crippen LogP contribution in [0.15, 0.2) is 76.6 Å². The molecular formula is C25H24F3N5O3. The maximum absolute atomic E-state index is 13.5. The summed E-state index contributed by atoms with van der Waals surface area (Å²) in [5, 5.41) is 24.5. The Morgan fingerprint density at radius 3 is 2.69 bits per heavy atom. The quantitative estimate of drug-likeness (QED) is 0.611. The molecule has 2 N–H and O–H groups in total. The van der Waals surface area contributed by atoms with Crippen molar-refractivity contribution >= 4 is 17.6 Å². The molecule has 0 radical (unpaired) electrons. The predicted molar refractivity (Wildman–Crippen MR) is 125 cm³/mol. The van der Waals surface area contributed by atoms with Gasteiger partial charge in [0.05, 0.1) is 36.3 Å². The number of rotatable bonds is 4. The van der Waals surface area contributed by atoms with Crippen molar-refractivity contribution < 1.29 is 27.8 Å². The van der Waals surface area contributed by atoms with Crippen molar-refractivity contribution in [3.63, 3.8) is 0 Å². The molecule has 8 nitrogen and oxygen atoms in total. The molecule has 188 valence electrons. The molecule has 0 aromatic heterocycles.